The van der Waals surface area contributed by atoms with Gasteiger partial charge in [0.2, 0.25) is 5.91 Å². The molecule has 0 saturated heterocycles. The van der Waals surface area contributed by atoms with Crippen molar-refractivity contribution in [3.05, 3.63) is 53.1 Å². The first-order valence-electron chi connectivity index (χ1n) is 9.52. The summed E-state index contributed by atoms with van der Waals surface area (Å²) < 4.78 is 7.23. The Morgan fingerprint density at radius 1 is 1.24 bits per heavy atom. The Bertz CT molecular complexity index is 1060. The van der Waals surface area contributed by atoms with Crippen molar-refractivity contribution in [2.75, 3.05) is 18.2 Å². The molecule has 0 atom stereocenters. The van der Waals surface area contributed by atoms with E-state index in [4.69, 9.17) is 4.74 Å². The van der Waals surface area contributed by atoms with Gasteiger partial charge < -0.3 is 10.1 Å². The molecule has 1 amide bonds. The zero-order valence-electron chi connectivity index (χ0n) is 16.7. The molecule has 150 valence electrons. The van der Waals surface area contributed by atoms with Crippen molar-refractivity contribution >= 4 is 23.4 Å². The Hall–Kier alpha value is -2.87. The van der Waals surface area contributed by atoms with Crippen molar-refractivity contribution in [3.63, 3.8) is 0 Å². The van der Waals surface area contributed by atoms with Gasteiger partial charge in [-0.3, -0.25) is 4.79 Å². The maximum Gasteiger partial charge on any atom is 0.234 e. The number of fused-ring (bicyclic) bond motifs is 1. The van der Waals surface area contributed by atoms with E-state index in [2.05, 4.69) is 20.4 Å². The molecule has 1 aliphatic rings. The number of benzene rings is 1. The Balaban J connectivity index is 1.45. The number of nitrogens with one attached hydrogen (secondary N) is 1. The molecule has 1 aliphatic carbocycles. The molecule has 0 saturated carbocycles. The van der Waals surface area contributed by atoms with Crippen LogP contribution in [0, 0.1) is 13.8 Å². The number of carbonyl (C=O) groups is 1. The second-order valence-electron chi connectivity index (χ2n) is 7.03. The van der Waals surface area contributed by atoms with Crippen molar-refractivity contribution in [2.45, 2.75) is 38.1 Å². The first-order chi connectivity index (χ1) is 14.0. The van der Waals surface area contributed by atoms with E-state index in [-0.39, 0.29) is 11.7 Å². The van der Waals surface area contributed by atoms with Crippen LogP contribution in [0.4, 0.5) is 5.69 Å². The van der Waals surface area contributed by atoms with Gasteiger partial charge in [-0.05, 0) is 56.4 Å². The lowest BCUT2D eigenvalue weighted by atomic mass is 10.2. The van der Waals surface area contributed by atoms with E-state index in [9.17, 15) is 4.79 Å². The zero-order valence-corrected chi connectivity index (χ0v) is 17.5. The van der Waals surface area contributed by atoms with Gasteiger partial charge in [-0.25, -0.2) is 14.6 Å². The van der Waals surface area contributed by atoms with Gasteiger partial charge in [-0.2, -0.15) is 5.10 Å². The lowest BCUT2D eigenvalue weighted by Crippen LogP contribution is -2.15. The first-order valence-corrected chi connectivity index (χ1v) is 10.5. The molecular weight excluding hydrogens is 386 g/mol. The summed E-state index contributed by atoms with van der Waals surface area (Å²) >= 11 is 1.37. The predicted molar refractivity (Wildman–Crippen MR) is 113 cm³/mol. The molecule has 0 unspecified atom stereocenters. The average molecular weight is 410 g/mol. The number of thioether (sulfide) groups is 1. The van der Waals surface area contributed by atoms with E-state index in [1.54, 1.807) is 7.11 Å². The van der Waals surface area contributed by atoms with Crippen molar-refractivity contribution < 1.29 is 9.53 Å². The third-order valence-electron chi connectivity index (χ3n) is 4.96. The average Bonchev–Trinajstić information content (AvgIpc) is 3.31. The molecule has 3 aromatic rings. The molecular formula is C21H23N5O2S. The highest BCUT2D eigenvalue weighted by atomic mass is 32.2. The Kier molecular flexibility index (Phi) is 5.53. The van der Waals surface area contributed by atoms with Crippen molar-refractivity contribution in [1.29, 1.82) is 0 Å². The summed E-state index contributed by atoms with van der Waals surface area (Å²) in [5, 5.41) is 8.29. The van der Waals surface area contributed by atoms with Crippen LogP contribution in [-0.4, -0.2) is 38.5 Å². The van der Waals surface area contributed by atoms with Crippen LogP contribution in [0.25, 0.3) is 5.82 Å². The number of aromatic nitrogens is 4. The molecule has 0 fully saturated rings. The standard InChI is InChI=1S/C21H23N5O2S/c1-13-7-8-18(28-3)16(9-13)24-20(27)11-29-21-10-19(22-12-23-21)26-17-6-4-5-15(17)14(2)25-26/h7-10,12H,4-6,11H2,1-3H3,(H,24,27). The number of nitrogens with zero attached hydrogens (tertiary/aromatic N) is 4. The SMILES string of the molecule is COc1ccc(C)cc1NC(=O)CSc1cc(-n2nc(C)c3c2CCC3)ncn1. The summed E-state index contributed by atoms with van der Waals surface area (Å²) in [6, 6.07) is 7.57. The van der Waals surface area contributed by atoms with E-state index in [1.807, 2.05) is 42.8 Å². The fourth-order valence-electron chi connectivity index (χ4n) is 3.58. The van der Waals surface area contributed by atoms with Crippen molar-refractivity contribution in [2.24, 2.45) is 0 Å². The van der Waals surface area contributed by atoms with Crippen LogP contribution in [0.3, 0.4) is 0 Å². The Morgan fingerprint density at radius 3 is 2.93 bits per heavy atom. The molecule has 1 N–H and O–H groups in total. The third-order valence-corrected chi connectivity index (χ3v) is 5.88. The summed E-state index contributed by atoms with van der Waals surface area (Å²) in [7, 11) is 1.59. The number of hydrogen-bond acceptors (Lipinski definition) is 6. The lowest BCUT2D eigenvalue weighted by Gasteiger charge is -2.11. The molecule has 1 aromatic carbocycles. The minimum atomic E-state index is -0.116. The summed E-state index contributed by atoms with van der Waals surface area (Å²) in [6.45, 7) is 4.02. The molecule has 8 heteroatoms. The van der Waals surface area contributed by atoms with Crippen LogP contribution in [0.2, 0.25) is 0 Å². The highest BCUT2D eigenvalue weighted by Crippen LogP contribution is 2.28. The van der Waals surface area contributed by atoms with Gasteiger partial charge in [-0.15, -0.1) is 0 Å². The van der Waals surface area contributed by atoms with Gasteiger partial charge in [0.15, 0.2) is 5.82 Å². The van der Waals surface area contributed by atoms with Gasteiger partial charge in [-0.1, -0.05) is 17.8 Å². The van der Waals surface area contributed by atoms with Crippen molar-refractivity contribution in [1.82, 2.24) is 19.7 Å². The zero-order chi connectivity index (χ0) is 20.4. The normalized spacial score (nSPS) is 12.7. The molecule has 4 rings (SSSR count). The van der Waals surface area contributed by atoms with Crippen LogP contribution in [-0.2, 0) is 17.6 Å². The second-order valence-corrected chi connectivity index (χ2v) is 8.03. The minimum absolute atomic E-state index is 0.116. The Morgan fingerprint density at radius 2 is 2.10 bits per heavy atom. The second kappa shape index (κ2) is 8.24. The first kappa shape index (κ1) is 19.4. The molecule has 0 radical (unpaired) electrons. The molecule has 2 heterocycles. The van der Waals surface area contributed by atoms with Crippen LogP contribution < -0.4 is 10.1 Å². The smallest absolute Gasteiger partial charge is 0.234 e. The number of amides is 1. The van der Waals surface area contributed by atoms with Gasteiger partial charge >= 0.3 is 0 Å². The van der Waals surface area contributed by atoms with Crippen LogP contribution in [0.5, 0.6) is 5.75 Å². The van der Waals surface area contributed by atoms with E-state index in [0.29, 0.717) is 11.4 Å². The van der Waals surface area contributed by atoms with Gasteiger partial charge in [0.1, 0.15) is 17.1 Å². The highest BCUT2D eigenvalue weighted by Gasteiger charge is 2.21. The fourth-order valence-corrected chi connectivity index (χ4v) is 4.24. The van der Waals surface area contributed by atoms with E-state index in [1.165, 1.54) is 29.3 Å². The summed E-state index contributed by atoms with van der Waals surface area (Å²) in [5.74, 6) is 1.51. The quantitative estimate of drug-likeness (QED) is 0.496. The summed E-state index contributed by atoms with van der Waals surface area (Å²) in [6.07, 6.45) is 4.78. The molecule has 0 aliphatic heterocycles. The maximum atomic E-state index is 12.4. The van der Waals surface area contributed by atoms with Crippen LogP contribution in [0.1, 0.15) is 28.9 Å². The molecule has 0 spiro atoms. The largest absolute Gasteiger partial charge is 0.495 e. The van der Waals surface area contributed by atoms with E-state index >= 15 is 0 Å². The molecule has 2 aromatic heterocycles. The number of rotatable bonds is 6. The highest BCUT2D eigenvalue weighted by molar-refractivity contribution is 7.99. The van der Waals surface area contributed by atoms with Gasteiger partial charge in [0, 0.05) is 11.8 Å². The number of anilines is 1. The lowest BCUT2D eigenvalue weighted by molar-refractivity contribution is -0.113. The van der Waals surface area contributed by atoms with Crippen LogP contribution in [0.15, 0.2) is 35.6 Å². The van der Waals surface area contributed by atoms with E-state index < -0.39 is 0 Å². The maximum absolute atomic E-state index is 12.4. The number of hydrogen-bond donors (Lipinski definition) is 1. The fraction of sp³-hybridized carbons (Fsp3) is 0.333. The third kappa shape index (κ3) is 4.12. The Labute approximate surface area is 173 Å². The number of methoxy groups -OCH3 is 1. The summed E-state index contributed by atoms with van der Waals surface area (Å²) in [5.41, 5.74) is 5.36. The molecule has 29 heavy (non-hydrogen) atoms. The van der Waals surface area contributed by atoms with Gasteiger partial charge in [0.05, 0.1) is 24.2 Å². The molecule has 7 nitrogen and oxygen atoms in total. The van der Waals surface area contributed by atoms with Crippen molar-refractivity contribution in [3.8, 4) is 11.6 Å². The van der Waals surface area contributed by atoms with E-state index in [0.717, 1.165) is 41.4 Å². The molecule has 0 bridgehead atoms. The minimum Gasteiger partial charge on any atom is -0.495 e. The summed E-state index contributed by atoms with van der Waals surface area (Å²) in [4.78, 5) is 21.1. The number of carbonyl (C=O) groups excluding carboxylic acids is 1. The van der Waals surface area contributed by atoms with Gasteiger partial charge in [0.25, 0.3) is 0 Å². The number of ether oxygens (including phenoxy) is 1. The monoisotopic (exact) mass is 409 g/mol. The predicted octanol–water partition coefficient (Wildman–Crippen LogP) is 3.51. The topological polar surface area (TPSA) is 81.9 Å². The number of aryl methyl sites for hydroxylation is 2. The van der Waals surface area contributed by atoms with Crippen LogP contribution >= 0.6 is 11.8 Å².